The molecule has 0 aliphatic carbocycles. The summed E-state index contributed by atoms with van der Waals surface area (Å²) in [5.74, 6) is -0.248. The van der Waals surface area contributed by atoms with Gasteiger partial charge in [0.25, 0.3) is 0 Å². The maximum Gasteiger partial charge on any atom is 0.321 e. The predicted molar refractivity (Wildman–Crippen MR) is 68.4 cm³/mol. The Bertz CT molecular complexity index is 263. The molecule has 3 N–H and O–H groups in total. The van der Waals surface area contributed by atoms with E-state index in [0.29, 0.717) is 12.6 Å². The summed E-state index contributed by atoms with van der Waals surface area (Å²) in [5, 5.41) is 7.74. The van der Waals surface area contributed by atoms with Crippen LogP contribution in [0, 0.1) is 0 Å². The van der Waals surface area contributed by atoms with Gasteiger partial charge in [0.05, 0.1) is 6.54 Å². The lowest BCUT2D eigenvalue weighted by Crippen LogP contribution is -2.46. The Balaban J connectivity index is 0.00000256. The van der Waals surface area contributed by atoms with E-state index in [-0.39, 0.29) is 18.3 Å². The third-order valence-corrected chi connectivity index (χ3v) is 2.77. The SMILES string of the molecule is CNCC1CCCN1CC(=O)NC(=O)NC.Cl. The molecule has 100 valence electrons. The molecule has 0 aromatic carbocycles. The van der Waals surface area contributed by atoms with Crippen LogP contribution in [-0.2, 0) is 4.79 Å². The third-order valence-electron chi connectivity index (χ3n) is 2.77. The van der Waals surface area contributed by atoms with Crippen LogP contribution in [0.2, 0.25) is 0 Å². The quantitative estimate of drug-likeness (QED) is 0.643. The van der Waals surface area contributed by atoms with E-state index < -0.39 is 6.03 Å². The molecule has 0 aromatic rings. The Kier molecular flexibility index (Phi) is 7.86. The second-order valence-electron chi connectivity index (χ2n) is 3.95. The summed E-state index contributed by atoms with van der Waals surface area (Å²) in [6.45, 7) is 2.10. The average Bonchev–Trinajstić information content (AvgIpc) is 2.66. The monoisotopic (exact) mass is 264 g/mol. The van der Waals surface area contributed by atoms with E-state index in [1.165, 1.54) is 7.05 Å². The molecule has 7 heteroatoms. The molecule has 1 aliphatic heterocycles. The van der Waals surface area contributed by atoms with Crippen LogP contribution in [0.25, 0.3) is 0 Å². The minimum absolute atomic E-state index is 0. The van der Waals surface area contributed by atoms with Gasteiger partial charge >= 0.3 is 6.03 Å². The average molecular weight is 265 g/mol. The minimum atomic E-state index is -0.450. The number of carbonyl (C=O) groups is 2. The van der Waals surface area contributed by atoms with E-state index in [2.05, 4.69) is 20.9 Å². The summed E-state index contributed by atoms with van der Waals surface area (Å²) in [7, 11) is 3.39. The molecule has 17 heavy (non-hydrogen) atoms. The molecule has 0 saturated carbocycles. The maximum absolute atomic E-state index is 11.5. The fourth-order valence-electron chi connectivity index (χ4n) is 1.98. The fourth-order valence-corrected chi connectivity index (χ4v) is 1.98. The molecule has 1 saturated heterocycles. The van der Waals surface area contributed by atoms with Crippen molar-refractivity contribution in [2.75, 3.05) is 33.7 Å². The molecule has 0 aromatic heterocycles. The number of amides is 3. The van der Waals surface area contributed by atoms with Gasteiger partial charge in [-0.05, 0) is 26.4 Å². The van der Waals surface area contributed by atoms with Crippen molar-refractivity contribution >= 4 is 24.3 Å². The summed E-state index contributed by atoms with van der Waals surface area (Å²) in [5.41, 5.74) is 0. The van der Waals surface area contributed by atoms with Crippen molar-refractivity contribution in [2.24, 2.45) is 0 Å². The van der Waals surface area contributed by atoms with Crippen LogP contribution in [-0.4, -0.2) is 56.6 Å². The van der Waals surface area contributed by atoms with Crippen molar-refractivity contribution in [1.29, 1.82) is 0 Å². The number of hydrogen-bond donors (Lipinski definition) is 3. The molecular formula is C10H21ClN4O2. The molecule has 1 aliphatic rings. The van der Waals surface area contributed by atoms with Gasteiger partial charge in [0, 0.05) is 19.6 Å². The smallest absolute Gasteiger partial charge is 0.321 e. The van der Waals surface area contributed by atoms with Crippen LogP contribution in [0.3, 0.4) is 0 Å². The van der Waals surface area contributed by atoms with E-state index >= 15 is 0 Å². The predicted octanol–water partition coefficient (Wildman–Crippen LogP) is -0.452. The Labute approximate surface area is 108 Å². The first-order chi connectivity index (χ1) is 7.67. The highest BCUT2D eigenvalue weighted by molar-refractivity contribution is 5.95. The number of urea groups is 1. The molecular weight excluding hydrogens is 244 g/mol. The fraction of sp³-hybridized carbons (Fsp3) is 0.800. The molecule has 1 rings (SSSR count). The number of rotatable bonds is 4. The molecule has 3 amide bonds. The van der Waals surface area contributed by atoms with Gasteiger partial charge < -0.3 is 10.6 Å². The Morgan fingerprint density at radius 3 is 2.65 bits per heavy atom. The van der Waals surface area contributed by atoms with Gasteiger partial charge in [-0.3, -0.25) is 15.0 Å². The number of nitrogens with one attached hydrogen (secondary N) is 3. The Morgan fingerprint density at radius 2 is 2.06 bits per heavy atom. The van der Waals surface area contributed by atoms with Gasteiger partial charge in [-0.1, -0.05) is 0 Å². The molecule has 0 bridgehead atoms. The number of imide groups is 1. The highest BCUT2D eigenvalue weighted by atomic mass is 35.5. The maximum atomic E-state index is 11.5. The lowest BCUT2D eigenvalue weighted by Gasteiger charge is -2.23. The summed E-state index contributed by atoms with van der Waals surface area (Å²) >= 11 is 0. The van der Waals surface area contributed by atoms with E-state index in [1.54, 1.807) is 0 Å². The van der Waals surface area contributed by atoms with Gasteiger partial charge in [-0.2, -0.15) is 0 Å². The normalized spacial score (nSPS) is 19.5. The lowest BCUT2D eigenvalue weighted by atomic mass is 10.2. The van der Waals surface area contributed by atoms with Crippen molar-refractivity contribution < 1.29 is 9.59 Å². The molecule has 0 radical (unpaired) electrons. The van der Waals surface area contributed by atoms with E-state index in [9.17, 15) is 9.59 Å². The topological polar surface area (TPSA) is 73.5 Å². The van der Waals surface area contributed by atoms with E-state index in [4.69, 9.17) is 0 Å². The number of carbonyl (C=O) groups excluding carboxylic acids is 2. The van der Waals surface area contributed by atoms with E-state index in [1.807, 2.05) is 7.05 Å². The molecule has 0 spiro atoms. The van der Waals surface area contributed by atoms with Crippen LogP contribution in [0.5, 0.6) is 0 Å². The number of hydrogen-bond acceptors (Lipinski definition) is 4. The van der Waals surface area contributed by atoms with Crippen LogP contribution in [0.15, 0.2) is 0 Å². The van der Waals surface area contributed by atoms with Gasteiger partial charge in [-0.15, -0.1) is 12.4 Å². The molecule has 6 nitrogen and oxygen atoms in total. The summed E-state index contributed by atoms with van der Waals surface area (Å²) < 4.78 is 0. The van der Waals surface area contributed by atoms with Crippen molar-refractivity contribution in [1.82, 2.24) is 20.9 Å². The highest BCUT2D eigenvalue weighted by Gasteiger charge is 2.25. The number of halogens is 1. The second kappa shape index (κ2) is 8.27. The highest BCUT2D eigenvalue weighted by Crippen LogP contribution is 2.15. The Morgan fingerprint density at radius 1 is 1.35 bits per heavy atom. The number of likely N-dealkylation sites (N-methyl/N-ethyl adjacent to an activating group) is 1. The Hall–Kier alpha value is -0.850. The van der Waals surface area contributed by atoms with Crippen LogP contribution in [0.4, 0.5) is 4.79 Å². The van der Waals surface area contributed by atoms with Crippen molar-refractivity contribution in [3.05, 3.63) is 0 Å². The van der Waals surface area contributed by atoms with Crippen molar-refractivity contribution in [2.45, 2.75) is 18.9 Å². The number of likely N-dealkylation sites (tertiary alicyclic amines) is 1. The zero-order valence-corrected chi connectivity index (χ0v) is 11.1. The van der Waals surface area contributed by atoms with Crippen LogP contribution in [0.1, 0.15) is 12.8 Å². The zero-order valence-electron chi connectivity index (χ0n) is 10.3. The second-order valence-corrected chi connectivity index (χ2v) is 3.95. The molecule has 1 fully saturated rings. The third kappa shape index (κ3) is 5.34. The van der Waals surface area contributed by atoms with Gasteiger partial charge in [0.1, 0.15) is 0 Å². The summed E-state index contributed by atoms with van der Waals surface area (Å²) in [6.07, 6.45) is 2.22. The molecule has 1 unspecified atom stereocenters. The van der Waals surface area contributed by atoms with Gasteiger partial charge in [-0.25, -0.2) is 4.79 Å². The number of nitrogens with zero attached hydrogens (tertiary/aromatic N) is 1. The first-order valence-electron chi connectivity index (χ1n) is 5.57. The largest absolute Gasteiger partial charge is 0.341 e. The van der Waals surface area contributed by atoms with Crippen molar-refractivity contribution in [3.63, 3.8) is 0 Å². The zero-order chi connectivity index (χ0) is 12.0. The van der Waals surface area contributed by atoms with Crippen molar-refractivity contribution in [3.8, 4) is 0 Å². The van der Waals surface area contributed by atoms with Gasteiger partial charge in [0.2, 0.25) is 5.91 Å². The summed E-state index contributed by atoms with van der Waals surface area (Å²) in [4.78, 5) is 24.5. The summed E-state index contributed by atoms with van der Waals surface area (Å²) in [6, 6.07) is -0.0465. The first kappa shape index (κ1) is 16.1. The first-order valence-corrected chi connectivity index (χ1v) is 5.57. The molecule has 1 atom stereocenters. The van der Waals surface area contributed by atoms with Crippen LogP contribution >= 0.6 is 12.4 Å². The lowest BCUT2D eigenvalue weighted by molar-refractivity contribution is -0.121. The standard InChI is InChI=1S/C10H20N4O2.ClH/c1-11-6-8-4-3-5-14(8)7-9(15)13-10(16)12-2;/h8,11H,3-7H2,1-2H3,(H2,12,13,15,16);1H. The van der Waals surface area contributed by atoms with E-state index in [0.717, 1.165) is 25.9 Å². The van der Waals surface area contributed by atoms with Crippen LogP contribution < -0.4 is 16.0 Å². The minimum Gasteiger partial charge on any atom is -0.341 e. The molecule has 1 heterocycles. The van der Waals surface area contributed by atoms with Gasteiger partial charge in [0.15, 0.2) is 0 Å².